The van der Waals surface area contributed by atoms with Gasteiger partial charge in [-0.25, -0.2) is 14.3 Å². The van der Waals surface area contributed by atoms with Gasteiger partial charge >= 0.3 is 13.5 Å². The van der Waals surface area contributed by atoms with Crippen molar-refractivity contribution in [3.8, 4) is 5.75 Å². The van der Waals surface area contributed by atoms with Gasteiger partial charge in [-0.2, -0.15) is 4.98 Å². The second-order valence-electron chi connectivity index (χ2n) is 11.0. The van der Waals surface area contributed by atoms with E-state index in [1.54, 1.807) is 30.3 Å². The van der Waals surface area contributed by atoms with Crippen molar-refractivity contribution in [2.75, 3.05) is 25.1 Å². The molecule has 1 aromatic carbocycles. The molecule has 0 spiro atoms. The van der Waals surface area contributed by atoms with Crippen LogP contribution in [0.15, 0.2) is 63.3 Å². The van der Waals surface area contributed by atoms with E-state index in [1.807, 2.05) is 4.98 Å². The van der Waals surface area contributed by atoms with E-state index in [-0.39, 0.29) is 17.1 Å². The number of carbonyl (C=O) groups is 1. The minimum absolute atomic E-state index is 0.181. The van der Waals surface area contributed by atoms with Crippen LogP contribution in [0.1, 0.15) is 12.5 Å². The minimum atomic E-state index is -5.14. The summed E-state index contributed by atoms with van der Waals surface area (Å²) in [6.45, 7) is -2.10. The van der Waals surface area contributed by atoms with Crippen LogP contribution in [-0.2, 0) is 27.9 Å². The third kappa shape index (κ3) is 7.29. The molecule has 2 aliphatic heterocycles. The number of ether oxygens (including phenoxy) is 3. The number of H-pyrrole nitrogens is 2. The van der Waals surface area contributed by atoms with Crippen molar-refractivity contribution < 1.29 is 57.9 Å². The lowest BCUT2D eigenvalue weighted by molar-refractivity contribution is -0.118. The zero-order chi connectivity index (χ0) is 35.7. The molecule has 23 heteroatoms. The number of phosphoric acid groups is 1. The lowest BCUT2D eigenvalue weighted by Gasteiger charge is -2.23. The number of aliphatic hydroxyl groups excluding tert-OH is 4. The molecular formula is C27H30N7O15P. The average molecular weight is 724 g/mol. The van der Waals surface area contributed by atoms with Crippen LogP contribution < -0.4 is 26.9 Å². The van der Waals surface area contributed by atoms with Crippen molar-refractivity contribution in [2.24, 2.45) is 0 Å². The number of rotatable bonds is 12. The van der Waals surface area contributed by atoms with Crippen molar-refractivity contribution in [1.82, 2.24) is 29.1 Å². The normalized spacial score (nSPS) is 27.7. The Balaban J connectivity index is 1.12. The summed E-state index contributed by atoms with van der Waals surface area (Å²) >= 11 is 0. The summed E-state index contributed by atoms with van der Waals surface area (Å²) in [6, 6.07) is 9.45. The number of fused-ring (bicyclic) bond motifs is 1. The summed E-state index contributed by atoms with van der Waals surface area (Å²) in [5.74, 6) is -0.541. The Morgan fingerprint density at radius 1 is 0.980 bits per heavy atom. The van der Waals surface area contributed by atoms with E-state index in [0.717, 1.165) is 27.7 Å². The molecule has 6 rings (SSSR count). The van der Waals surface area contributed by atoms with Gasteiger partial charge in [0.15, 0.2) is 30.2 Å². The van der Waals surface area contributed by atoms with E-state index in [9.17, 15) is 49.1 Å². The number of aromatic amines is 2. The fraction of sp³-hybridized carbons (Fsp3) is 0.407. The smallest absolute Gasteiger partial charge is 0.472 e. The summed E-state index contributed by atoms with van der Waals surface area (Å²) in [5, 5.41) is 44.2. The first-order valence-electron chi connectivity index (χ1n) is 14.7. The average Bonchev–Trinajstić information content (AvgIpc) is 3.73. The van der Waals surface area contributed by atoms with Crippen molar-refractivity contribution in [3.63, 3.8) is 0 Å². The van der Waals surface area contributed by atoms with Crippen LogP contribution in [0.5, 0.6) is 5.75 Å². The van der Waals surface area contributed by atoms with Crippen LogP contribution in [0.25, 0.3) is 11.2 Å². The molecule has 1 amide bonds. The maximum atomic E-state index is 12.9. The third-order valence-corrected chi connectivity index (χ3v) is 8.67. The number of hydrogen-bond acceptors (Lipinski definition) is 16. The predicted molar refractivity (Wildman–Crippen MR) is 164 cm³/mol. The number of nitrogens with one attached hydrogen (secondary N) is 3. The second kappa shape index (κ2) is 14.3. The largest absolute Gasteiger partial charge is 0.484 e. The van der Waals surface area contributed by atoms with E-state index in [4.69, 9.17) is 23.3 Å². The minimum Gasteiger partial charge on any atom is -0.484 e. The van der Waals surface area contributed by atoms with Crippen LogP contribution in [0.4, 0.5) is 5.95 Å². The Morgan fingerprint density at radius 3 is 2.42 bits per heavy atom. The molecule has 4 aromatic rings. The number of aliphatic hydroxyl groups is 4. The summed E-state index contributed by atoms with van der Waals surface area (Å²) in [7, 11) is -5.14. The molecule has 0 bridgehead atoms. The van der Waals surface area contributed by atoms with Crippen molar-refractivity contribution in [3.05, 3.63) is 80.1 Å². The molecule has 5 heterocycles. The topological polar surface area (TPSA) is 312 Å². The van der Waals surface area contributed by atoms with Gasteiger partial charge in [0.25, 0.3) is 17.0 Å². The van der Waals surface area contributed by atoms with Gasteiger partial charge in [-0.3, -0.25) is 47.9 Å². The zero-order valence-electron chi connectivity index (χ0n) is 25.4. The SMILES string of the molecule is O=C(COc1ccccc1)Nc1nc2c(ncn2[C@@H]2O[C@H](CO)[C@@H](OP(=O)(O)OC[C@H]3O[C@@H](n4ccc(=O)[nH]c4=O)[C@H](O)[C@@H]3O)[C@H]2O)c(=O)[nH]1. The number of nitrogens with zero attached hydrogens (tertiary/aromatic N) is 4. The molecule has 8 N–H and O–H groups in total. The van der Waals surface area contributed by atoms with Crippen molar-refractivity contribution in [2.45, 2.75) is 49.1 Å². The maximum Gasteiger partial charge on any atom is 0.472 e. The standard InChI is InChI=1S/C27H30N7O15P/c35-8-13-21(49-50(43,44)46-9-14-18(38)19(39)24(48-14)33-7-6-15(36)30-27(33)42)20(40)25(47-13)34-11-28-17-22(34)31-26(32-23(17)41)29-16(37)10-45-12-4-2-1-3-5-12/h1-7,11,13-14,18-21,24-25,35,38-40H,8-10H2,(H,43,44)(H,30,36,42)(H2,29,31,32,37,41)/t13-,14-,18-,19-,20-,21-,24-,25-/m1/s1. The fourth-order valence-electron chi connectivity index (χ4n) is 5.31. The first-order valence-corrected chi connectivity index (χ1v) is 16.2. The maximum absolute atomic E-state index is 12.9. The number of hydrogen-bond donors (Lipinski definition) is 8. The van der Waals surface area contributed by atoms with Crippen LogP contribution >= 0.6 is 7.82 Å². The lowest BCUT2D eigenvalue weighted by atomic mass is 10.1. The van der Waals surface area contributed by atoms with E-state index in [1.165, 1.54) is 0 Å². The fourth-order valence-corrected chi connectivity index (χ4v) is 6.27. The van der Waals surface area contributed by atoms with Gasteiger partial charge in [-0.05, 0) is 12.1 Å². The highest BCUT2D eigenvalue weighted by Gasteiger charge is 2.50. The molecule has 9 atom stereocenters. The molecule has 2 fully saturated rings. The molecule has 268 valence electrons. The Bertz CT molecular complexity index is 2070. The Hall–Kier alpha value is -4.61. The van der Waals surface area contributed by atoms with E-state index in [0.29, 0.717) is 5.75 Å². The number of anilines is 1. The second-order valence-corrected chi connectivity index (χ2v) is 12.4. The van der Waals surface area contributed by atoms with E-state index < -0.39 is 99.4 Å². The first-order chi connectivity index (χ1) is 23.8. The number of para-hydroxylation sites is 1. The van der Waals surface area contributed by atoms with Gasteiger partial charge in [0.05, 0.1) is 19.5 Å². The van der Waals surface area contributed by atoms with Crippen LogP contribution in [-0.4, -0.2) is 117 Å². The first kappa shape index (κ1) is 35.2. The lowest BCUT2D eigenvalue weighted by Crippen LogP contribution is -2.37. The molecule has 0 saturated carbocycles. The Kier molecular flexibility index (Phi) is 10.1. The molecule has 0 radical (unpaired) electrons. The van der Waals surface area contributed by atoms with E-state index >= 15 is 0 Å². The van der Waals surface area contributed by atoms with Gasteiger partial charge < -0.3 is 39.5 Å². The zero-order valence-corrected chi connectivity index (χ0v) is 26.3. The van der Waals surface area contributed by atoms with Crippen LogP contribution in [0.2, 0.25) is 0 Å². The molecule has 3 aromatic heterocycles. The quantitative estimate of drug-likeness (QED) is 0.0678. The Labute approximate surface area is 278 Å². The molecule has 22 nitrogen and oxygen atoms in total. The van der Waals surface area contributed by atoms with Gasteiger partial charge in [0.1, 0.15) is 42.4 Å². The van der Waals surface area contributed by atoms with Gasteiger partial charge in [-0.1, -0.05) is 18.2 Å². The molecule has 2 aliphatic rings. The van der Waals surface area contributed by atoms with Gasteiger partial charge in [0, 0.05) is 12.3 Å². The molecule has 2 saturated heterocycles. The molecule has 0 aliphatic carbocycles. The number of phosphoric ester groups is 1. The highest BCUT2D eigenvalue weighted by atomic mass is 31.2. The Morgan fingerprint density at radius 2 is 1.70 bits per heavy atom. The molecule has 1 unspecified atom stereocenters. The summed E-state index contributed by atoms with van der Waals surface area (Å²) in [4.78, 5) is 71.6. The monoisotopic (exact) mass is 723 g/mol. The highest BCUT2D eigenvalue weighted by Crippen LogP contribution is 2.49. The summed E-state index contributed by atoms with van der Waals surface area (Å²) < 4.78 is 41.4. The van der Waals surface area contributed by atoms with Crippen LogP contribution in [0.3, 0.4) is 0 Å². The molecular weight excluding hydrogens is 693 g/mol. The number of aromatic nitrogens is 6. The number of benzene rings is 1. The number of carbonyl (C=O) groups excluding carboxylic acids is 1. The van der Waals surface area contributed by atoms with Crippen LogP contribution in [0, 0.1) is 0 Å². The number of amides is 1. The van der Waals surface area contributed by atoms with Gasteiger partial charge in [-0.15, -0.1) is 0 Å². The van der Waals surface area contributed by atoms with E-state index in [2.05, 4.69) is 20.3 Å². The summed E-state index contributed by atoms with van der Waals surface area (Å²) in [5.41, 5.74) is -2.84. The predicted octanol–water partition coefficient (Wildman–Crippen LogP) is -2.94. The highest BCUT2D eigenvalue weighted by molar-refractivity contribution is 7.47. The third-order valence-electron chi connectivity index (χ3n) is 7.69. The summed E-state index contributed by atoms with van der Waals surface area (Å²) in [6.07, 6.45) is -10.7. The van der Waals surface area contributed by atoms with Gasteiger partial charge in [0.2, 0.25) is 5.95 Å². The van der Waals surface area contributed by atoms with Crippen molar-refractivity contribution >= 4 is 30.8 Å². The molecule has 50 heavy (non-hydrogen) atoms. The number of imidazole rings is 1. The van der Waals surface area contributed by atoms with Crippen molar-refractivity contribution in [1.29, 1.82) is 0 Å².